The Hall–Kier alpha value is -0.920. The molecule has 4 rings (SSSR count). The molecule has 0 spiro atoms. The van der Waals surface area contributed by atoms with Crippen molar-refractivity contribution in [3.63, 3.8) is 0 Å². The summed E-state index contributed by atoms with van der Waals surface area (Å²) < 4.78 is 6.65. The first-order valence-corrected chi connectivity index (χ1v) is 22.0. The SMILES string of the molecule is CC1=CC(C)=[C]([Zr](=[SiH2])([C]2=C(C)C=C(C)C2C)([c]2ccccc2)[c]2ccccc2)C1C.Cl.Cl. The van der Waals surface area contributed by atoms with Crippen LogP contribution in [0.4, 0.5) is 0 Å². The van der Waals surface area contributed by atoms with Gasteiger partial charge < -0.3 is 0 Å². The summed E-state index contributed by atoms with van der Waals surface area (Å²) >= 11 is -4.14. The molecule has 2 atom stereocenters. The molecule has 0 bridgehead atoms. The van der Waals surface area contributed by atoms with Crippen LogP contribution in [-0.2, 0) is 17.4 Å². The molecule has 170 valence electrons. The third-order valence-electron chi connectivity index (χ3n) is 7.98. The molecule has 2 aliphatic rings. The molecular formula is C28H36Cl2SiZr. The molecule has 4 heteroatoms. The van der Waals surface area contributed by atoms with E-state index in [1.165, 1.54) is 22.3 Å². The van der Waals surface area contributed by atoms with Gasteiger partial charge in [0, 0.05) is 0 Å². The van der Waals surface area contributed by atoms with E-state index in [4.69, 9.17) is 0 Å². The summed E-state index contributed by atoms with van der Waals surface area (Å²) in [6.45, 7) is 16.7. The van der Waals surface area contributed by atoms with Gasteiger partial charge in [-0.05, 0) is 0 Å². The number of benzene rings is 2. The Morgan fingerprint density at radius 1 is 0.594 bits per heavy atom. The number of hydrogen-bond donors (Lipinski definition) is 0. The molecule has 0 saturated heterocycles. The fraction of sp³-hybridized carbons (Fsp3) is 0.286. The predicted octanol–water partition coefficient (Wildman–Crippen LogP) is 6.46. The zero-order chi connectivity index (χ0) is 21.7. The van der Waals surface area contributed by atoms with Gasteiger partial charge in [0.05, 0.1) is 0 Å². The van der Waals surface area contributed by atoms with Crippen LogP contribution in [0.25, 0.3) is 0 Å². The summed E-state index contributed by atoms with van der Waals surface area (Å²) in [7, 11) is 0. The summed E-state index contributed by atoms with van der Waals surface area (Å²) in [4.78, 5) is 0. The Balaban J connectivity index is 0.00000181. The van der Waals surface area contributed by atoms with Crippen LogP contribution < -0.4 is 6.54 Å². The maximum atomic E-state index is 2.46. The third-order valence-corrected chi connectivity index (χ3v) is 35.1. The quantitative estimate of drug-likeness (QED) is 0.375. The topological polar surface area (TPSA) is 0 Å². The second-order valence-electron chi connectivity index (χ2n) is 9.60. The normalized spacial score (nSPS) is 21.1. The maximum absolute atomic E-state index is 4.14. The van der Waals surface area contributed by atoms with Crippen LogP contribution in [0.3, 0.4) is 0 Å². The molecule has 2 aromatic rings. The van der Waals surface area contributed by atoms with Gasteiger partial charge in [-0.3, -0.25) is 0 Å². The van der Waals surface area contributed by atoms with E-state index in [1.807, 2.05) is 0 Å². The van der Waals surface area contributed by atoms with Crippen molar-refractivity contribution in [1.82, 2.24) is 0 Å². The average Bonchev–Trinajstić information content (AvgIpc) is 3.16. The van der Waals surface area contributed by atoms with E-state index in [1.54, 1.807) is 13.1 Å². The molecule has 0 saturated carbocycles. The number of halogens is 2. The zero-order valence-corrected chi connectivity index (χ0v) is 25.6. The molecule has 0 heterocycles. The molecule has 2 aromatic carbocycles. The molecule has 0 aliphatic heterocycles. The second-order valence-corrected chi connectivity index (χ2v) is 30.6. The Kier molecular flexibility index (Phi) is 8.32. The Bertz CT molecular complexity index is 1110. The summed E-state index contributed by atoms with van der Waals surface area (Å²) in [6.07, 6.45) is 4.92. The van der Waals surface area contributed by atoms with E-state index in [-0.39, 0.29) is 24.8 Å². The Morgan fingerprint density at radius 3 is 1.16 bits per heavy atom. The minimum absolute atomic E-state index is 0. The molecule has 32 heavy (non-hydrogen) atoms. The largest absolute Gasteiger partial charge is 0.147 e. The Morgan fingerprint density at radius 2 is 0.906 bits per heavy atom. The van der Waals surface area contributed by atoms with E-state index in [0.717, 1.165) is 0 Å². The van der Waals surface area contributed by atoms with Crippen LogP contribution in [0.1, 0.15) is 41.5 Å². The van der Waals surface area contributed by atoms with Gasteiger partial charge >= 0.3 is 186 Å². The van der Waals surface area contributed by atoms with E-state index >= 15 is 0 Å². The minimum Gasteiger partial charge on any atom is -0.147 e. The summed E-state index contributed by atoms with van der Waals surface area (Å²) in [6, 6.07) is 23.1. The molecule has 2 unspecified atom stereocenters. The van der Waals surface area contributed by atoms with Crippen molar-refractivity contribution in [3.05, 3.63) is 102 Å². The van der Waals surface area contributed by atoms with Gasteiger partial charge in [0.15, 0.2) is 0 Å². The van der Waals surface area contributed by atoms with Crippen LogP contribution >= 0.6 is 24.8 Å². The van der Waals surface area contributed by atoms with Gasteiger partial charge in [0.1, 0.15) is 0 Å². The van der Waals surface area contributed by atoms with Crippen LogP contribution in [-0.4, -0.2) is 6.88 Å². The minimum atomic E-state index is -4.14. The standard InChI is InChI=1S/2C8H11.2C6H5.2ClH.H2Si.Zr/c2*1-6-4-7(2)8(3)5-6;2*1-2-4-6-5-3-1;;;;/h2*4,8H,1-3H3;2*1-5H;2*1H;1H2;. The van der Waals surface area contributed by atoms with E-state index in [0.29, 0.717) is 11.8 Å². The van der Waals surface area contributed by atoms with Gasteiger partial charge in [0.25, 0.3) is 0 Å². The van der Waals surface area contributed by atoms with Crippen molar-refractivity contribution in [2.75, 3.05) is 0 Å². The summed E-state index contributed by atoms with van der Waals surface area (Å²) in [5.41, 5.74) is 6.03. The van der Waals surface area contributed by atoms with Gasteiger partial charge in [-0.15, -0.1) is 24.8 Å². The molecular weight excluding hydrogens is 527 g/mol. The second kappa shape index (κ2) is 9.75. The van der Waals surface area contributed by atoms with Gasteiger partial charge in [-0.25, -0.2) is 0 Å². The average molecular weight is 563 g/mol. The van der Waals surface area contributed by atoms with Gasteiger partial charge in [0.2, 0.25) is 0 Å². The van der Waals surface area contributed by atoms with Crippen molar-refractivity contribution >= 4 is 38.2 Å². The van der Waals surface area contributed by atoms with Crippen molar-refractivity contribution in [2.24, 2.45) is 11.8 Å². The van der Waals surface area contributed by atoms with E-state index in [2.05, 4.69) is 121 Å². The fourth-order valence-electron chi connectivity index (χ4n) is 6.60. The first kappa shape index (κ1) is 27.3. The smallest absolute Gasteiger partial charge is 0.147 e. The van der Waals surface area contributed by atoms with Crippen molar-refractivity contribution in [2.45, 2.75) is 41.5 Å². The van der Waals surface area contributed by atoms with Crippen LogP contribution in [0.15, 0.2) is 102 Å². The monoisotopic (exact) mass is 560 g/mol. The molecule has 0 N–H and O–H groups in total. The number of hydrogen-bond acceptors (Lipinski definition) is 0. The zero-order valence-electron chi connectivity index (χ0n) is 20.1. The van der Waals surface area contributed by atoms with Crippen LogP contribution in [0, 0.1) is 11.8 Å². The van der Waals surface area contributed by atoms with E-state index < -0.39 is 17.4 Å². The molecule has 0 radical (unpaired) electrons. The first-order chi connectivity index (χ1) is 14.2. The van der Waals surface area contributed by atoms with Crippen molar-refractivity contribution in [1.29, 1.82) is 0 Å². The predicted molar refractivity (Wildman–Crippen MR) is 146 cm³/mol. The molecule has 0 aromatic heterocycles. The first-order valence-electron chi connectivity index (χ1n) is 11.1. The van der Waals surface area contributed by atoms with Crippen molar-refractivity contribution in [3.8, 4) is 0 Å². The van der Waals surface area contributed by atoms with Crippen LogP contribution in [0.2, 0.25) is 0 Å². The molecule has 0 nitrogen and oxygen atoms in total. The number of rotatable bonds is 4. The summed E-state index contributed by atoms with van der Waals surface area (Å²) in [5, 5.41) is 0. The molecule has 0 fully saturated rings. The molecule has 2 aliphatic carbocycles. The van der Waals surface area contributed by atoms with Crippen LogP contribution in [0.5, 0.6) is 0 Å². The van der Waals surface area contributed by atoms with Crippen molar-refractivity contribution < 1.29 is 17.4 Å². The fourth-order valence-corrected chi connectivity index (χ4v) is 35.9. The maximum Gasteiger partial charge on any atom is -0.147 e. The third kappa shape index (κ3) is 3.67. The summed E-state index contributed by atoms with van der Waals surface area (Å²) in [5.74, 6) is 0.976. The van der Waals surface area contributed by atoms with E-state index in [9.17, 15) is 0 Å². The Labute approximate surface area is 209 Å². The number of allylic oxidation sites excluding steroid dienone is 8. The molecule has 0 amide bonds. The van der Waals surface area contributed by atoms with Gasteiger partial charge in [-0.1, -0.05) is 0 Å². The van der Waals surface area contributed by atoms with Gasteiger partial charge in [-0.2, -0.15) is 0 Å².